The Kier molecular flexibility index (Phi) is 5.66. The van der Waals surface area contributed by atoms with Gasteiger partial charge in [-0.25, -0.2) is 4.79 Å². The number of hydrogen-bond donors (Lipinski definition) is 4. The normalized spacial score (nSPS) is 15.7. The summed E-state index contributed by atoms with van der Waals surface area (Å²) in [6.45, 7) is 5.81. The van der Waals surface area contributed by atoms with Gasteiger partial charge in [-0.05, 0) is 30.5 Å². The standard InChI is InChI=1S/C17H25N5O2/c23-16(19-8-11-22-9-6-18-7-10-22)3-1-2-13-4-5-14-15(12-13)21-17(24)20-14/h4-5,12,18H,1-3,6-11H2,(H,19,23)(H2,20,21,24). The number of carbonyl (C=O) groups is 1. The molecule has 0 spiro atoms. The van der Waals surface area contributed by atoms with Gasteiger partial charge in [-0.1, -0.05) is 6.07 Å². The molecule has 2 heterocycles. The van der Waals surface area contributed by atoms with E-state index in [0.717, 1.165) is 68.7 Å². The predicted molar refractivity (Wildman–Crippen MR) is 94.2 cm³/mol. The van der Waals surface area contributed by atoms with Crippen molar-refractivity contribution in [2.24, 2.45) is 0 Å². The lowest BCUT2D eigenvalue weighted by molar-refractivity contribution is -0.121. The number of piperazine rings is 1. The lowest BCUT2D eigenvalue weighted by atomic mass is 10.1. The first-order chi connectivity index (χ1) is 11.7. The third-order valence-electron chi connectivity index (χ3n) is 4.41. The maximum atomic E-state index is 11.9. The summed E-state index contributed by atoms with van der Waals surface area (Å²) in [5.41, 5.74) is 2.57. The number of benzene rings is 1. The molecule has 0 unspecified atom stereocenters. The second-order valence-corrected chi connectivity index (χ2v) is 6.25. The lowest BCUT2D eigenvalue weighted by Gasteiger charge is -2.27. The molecule has 1 amide bonds. The average Bonchev–Trinajstić information content (AvgIpc) is 2.95. The van der Waals surface area contributed by atoms with Gasteiger partial charge in [0.15, 0.2) is 0 Å². The summed E-state index contributed by atoms with van der Waals surface area (Å²) in [5, 5.41) is 6.31. The molecule has 7 heteroatoms. The summed E-state index contributed by atoms with van der Waals surface area (Å²) in [4.78, 5) is 31.0. The molecule has 0 aliphatic carbocycles. The second-order valence-electron chi connectivity index (χ2n) is 6.25. The highest BCUT2D eigenvalue weighted by atomic mass is 16.1. The molecule has 4 N–H and O–H groups in total. The van der Waals surface area contributed by atoms with Crippen molar-refractivity contribution in [3.05, 3.63) is 34.2 Å². The first-order valence-corrected chi connectivity index (χ1v) is 8.61. The van der Waals surface area contributed by atoms with E-state index >= 15 is 0 Å². The van der Waals surface area contributed by atoms with Gasteiger partial charge in [-0.2, -0.15) is 0 Å². The summed E-state index contributed by atoms with van der Waals surface area (Å²) >= 11 is 0. The van der Waals surface area contributed by atoms with Gasteiger partial charge in [-0.15, -0.1) is 0 Å². The summed E-state index contributed by atoms with van der Waals surface area (Å²) < 4.78 is 0. The molecule has 130 valence electrons. The Hall–Kier alpha value is -2.12. The van der Waals surface area contributed by atoms with Crippen LogP contribution in [0.3, 0.4) is 0 Å². The van der Waals surface area contributed by atoms with Crippen molar-refractivity contribution in [3.63, 3.8) is 0 Å². The van der Waals surface area contributed by atoms with E-state index in [-0.39, 0.29) is 11.6 Å². The molecular formula is C17H25N5O2. The fourth-order valence-corrected chi connectivity index (χ4v) is 3.06. The van der Waals surface area contributed by atoms with Crippen molar-refractivity contribution in [2.75, 3.05) is 39.3 Å². The number of aromatic amines is 2. The van der Waals surface area contributed by atoms with E-state index < -0.39 is 0 Å². The molecule has 24 heavy (non-hydrogen) atoms. The van der Waals surface area contributed by atoms with Crippen LogP contribution in [0.2, 0.25) is 0 Å². The number of imidazole rings is 1. The van der Waals surface area contributed by atoms with Gasteiger partial charge in [0, 0.05) is 45.7 Å². The van der Waals surface area contributed by atoms with Gasteiger partial charge in [0.25, 0.3) is 0 Å². The maximum absolute atomic E-state index is 11.9. The molecule has 1 aliphatic heterocycles. The Morgan fingerprint density at radius 3 is 2.79 bits per heavy atom. The van der Waals surface area contributed by atoms with Gasteiger partial charge >= 0.3 is 5.69 Å². The molecule has 0 radical (unpaired) electrons. The van der Waals surface area contributed by atoms with Gasteiger partial charge < -0.3 is 20.6 Å². The van der Waals surface area contributed by atoms with Crippen LogP contribution in [0.4, 0.5) is 0 Å². The first kappa shape index (κ1) is 16.7. The smallest absolute Gasteiger partial charge is 0.323 e. The molecule has 0 atom stereocenters. The largest absolute Gasteiger partial charge is 0.355 e. The van der Waals surface area contributed by atoms with Crippen LogP contribution in [0, 0.1) is 0 Å². The molecule has 1 aromatic carbocycles. The number of rotatable bonds is 7. The SMILES string of the molecule is O=C(CCCc1ccc2[nH]c(=O)[nH]c2c1)NCCN1CCNCC1. The molecule has 1 fully saturated rings. The summed E-state index contributed by atoms with van der Waals surface area (Å²) in [7, 11) is 0. The minimum atomic E-state index is -0.189. The quantitative estimate of drug-likeness (QED) is 0.583. The van der Waals surface area contributed by atoms with Crippen molar-refractivity contribution in [3.8, 4) is 0 Å². The van der Waals surface area contributed by atoms with Crippen LogP contribution in [0.25, 0.3) is 11.0 Å². The van der Waals surface area contributed by atoms with Gasteiger partial charge in [-0.3, -0.25) is 9.69 Å². The van der Waals surface area contributed by atoms with Crippen LogP contribution in [-0.2, 0) is 11.2 Å². The zero-order chi connectivity index (χ0) is 16.8. The first-order valence-electron chi connectivity index (χ1n) is 8.61. The second kappa shape index (κ2) is 8.12. The fourth-order valence-electron chi connectivity index (χ4n) is 3.06. The number of nitrogens with zero attached hydrogens (tertiary/aromatic N) is 1. The highest BCUT2D eigenvalue weighted by Gasteiger charge is 2.09. The molecule has 0 saturated carbocycles. The number of aryl methyl sites for hydroxylation is 1. The monoisotopic (exact) mass is 331 g/mol. The fraction of sp³-hybridized carbons (Fsp3) is 0.529. The van der Waals surface area contributed by atoms with Gasteiger partial charge in [0.1, 0.15) is 0 Å². The van der Waals surface area contributed by atoms with E-state index in [1.165, 1.54) is 0 Å². The van der Waals surface area contributed by atoms with Crippen LogP contribution in [0.5, 0.6) is 0 Å². The predicted octanol–water partition coefficient (Wildman–Crippen LogP) is 0.200. The Morgan fingerprint density at radius 2 is 1.96 bits per heavy atom. The summed E-state index contributed by atoms with van der Waals surface area (Å²) in [5.74, 6) is 0.112. The molecule has 0 bridgehead atoms. The molecule has 1 aromatic heterocycles. The van der Waals surface area contributed by atoms with Crippen molar-refractivity contribution < 1.29 is 4.79 Å². The van der Waals surface area contributed by atoms with Crippen molar-refractivity contribution >= 4 is 16.9 Å². The average molecular weight is 331 g/mol. The molecule has 1 saturated heterocycles. The highest BCUT2D eigenvalue weighted by molar-refractivity contribution is 5.76. The number of nitrogens with one attached hydrogen (secondary N) is 4. The third-order valence-corrected chi connectivity index (χ3v) is 4.41. The maximum Gasteiger partial charge on any atom is 0.323 e. The van der Waals surface area contributed by atoms with E-state index in [2.05, 4.69) is 25.5 Å². The van der Waals surface area contributed by atoms with Crippen molar-refractivity contribution in [1.82, 2.24) is 25.5 Å². The van der Waals surface area contributed by atoms with Crippen molar-refractivity contribution in [1.29, 1.82) is 0 Å². The van der Waals surface area contributed by atoms with Crippen LogP contribution < -0.4 is 16.3 Å². The van der Waals surface area contributed by atoms with E-state index in [4.69, 9.17) is 0 Å². The van der Waals surface area contributed by atoms with Crippen molar-refractivity contribution in [2.45, 2.75) is 19.3 Å². The third kappa shape index (κ3) is 4.69. The Balaban J connectivity index is 1.35. The van der Waals surface area contributed by atoms with Crippen LogP contribution in [0.15, 0.2) is 23.0 Å². The molecule has 1 aliphatic rings. The molecule has 2 aromatic rings. The number of amides is 1. The zero-order valence-electron chi connectivity index (χ0n) is 13.9. The minimum Gasteiger partial charge on any atom is -0.355 e. The summed E-state index contributed by atoms with van der Waals surface area (Å²) in [6, 6.07) is 5.86. The Morgan fingerprint density at radius 1 is 1.17 bits per heavy atom. The molecular weight excluding hydrogens is 306 g/mol. The van der Waals surface area contributed by atoms with Crippen LogP contribution in [-0.4, -0.2) is 60.0 Å². The highest BCUT2D eigenvalue weighted by Crippen LogP contribution is 2.12. The number of carbonyl (C=O) groups excluding carboxylic acids is 1. The summed E-state index contributed by atoms with van der Waals surface area (Å²) in [6.07, 6.45) is 2.16. The number of aromatic nitrogens is 2. The number of fused-ring (bicyclic) bond motifs is 1. The van der Waals surface area contributed by atoms with E-state index in [1.54, 1.807) is 0 Å². The zero-order valence-corrected chi connectivity index (χ0v) is 13.9. The topological polar surface area (TPSA) is 93.0 Å². The molecule has 3 rings (SSSR count). The lowest BCUT2D eigenvalue weighted by Crippen LogP contribution is -2.46. The number of hydrogen-bond acceptors (Lipinski definition) is 4. The van der Waals surface area contributed by atoms with E-state index in [1.807, 2.05) is 18.2 Å². The van der Waals surface area contributed by atoms with Gasteiger partial charge in [0.2, 0.25) is 5.91 Å². The van der Waals surface area contributed by atoms with Crippen LogP contribution >= 0.6 is 0 Å². The Bertz CT molecular complexity index is 730. The minimum absolute atomic E-state index is 0.112. The van der Waals surface area contributed by atoms with Gasteiger partial charge in [0.05, 0.1) is 11.0 Å². The molecule has 7 nitrogen and oxygen atoms in total. The van der Waals surface area contributed by atoms with E-state index in [0.29, 0.717) is 6.42 Å². The number of H-pyrrole nitrogens is 2. The van der Waals surface area contributed by atoms with Crippen LogP contribution in [0.1, 0.15) is 18.4 Å². The van der Waals surface area contributed by atoms with E-state index in [9.17, 15) is 9.59 Å². The Labute approximate surface area is 140 Å².